The van der Waals surface area contributed by atoms with Crippen LogP contribution in [0.15, 0.2) is 40.0 Å². The van der Waals surface area contributed by atoms with E-state index < -0.39 is 0 Å². The number of benzene rings is 1. The third-order valence-electron chi connectivity index (χ3n) is 4.76. The van der Waals surface area contributed by atoms with Crippen LogP contribution < -0.4 is 5.32 Å². The second-order valence-electron chi connectivity index (χ2n) is 6.75. The van der Waals surface area contributed by atoms with Gasteiger partial charge in [-0.1, -0.05) is 29.3 Å². The molecule has 1 aromatic rings. The first-order chi connectivity index (χ1) is 13.3. The largest absolute Gasteiger partial charge is 0.350 e. The predicted octanol–water partition coefficient (Wildman–Crippen LogP) is 4.82. The molecule has 1 aromatic carbocycles. The Morgan fingerprint density at radius 2 is 2.04 bits per heavy atom. The van der Waals surface area contributed by atoms with Crippen molar-refractivity contribution < 1.29 is 4.79 Å². The highest BCUT2D eigenvalue weighted by Crippen LogP contribution is 2.26. The summed E-state index contributed by atoms with van der Waals surface area (Å²) in [5.41, 5.74) is 1.38. The molecule has 0 bridgehead atoms. The fourth-order valence-electron chi connectivity index (χ4n) is 3.04. The van der Waals surface area contributed by atoms with Gasteiger partial charge in [-0.05, 0) is 51.1 Å². The van der Waals surface area contributed by atoms with Crippen molar-refractivity contribution >= 4 is 53.3 Å². The van der Waals surface area contributed by atoms with Crippen LogP contribution in [0.3, 0.4) is 0 Å². The van der Waals surface area contributed by atoms with Gasteiger partial charge in [-0.2, -0.15) is 0 Å². The van der Waals surface area contributed by atoms with E-state index >= 15 is 0 Å². The number of nitrogens with one attached hydrogen (secondary N) is 1. The maximum atomic E-state index is 12.6. The topological polar surface area (TPSA) is 57.1 Å². The van der Waals surface area contributed by atoms with Gasteiger partial charge in [-0.25, -0.2) is 9.98 Å². The Balaban J connectivity index is 2.15. The zero-order chi connectivity index (χ0) is 20.7. The van der Waals surface area contributed by atoms with Gasteiger partial charge in [0, 0.05) is 37.3 Å². The first-order valence-electron chi connectivity index (χ1n) is 9.11. The summed E-state index contributed by atoms with van der Waals surface area (Å²) in [4.78, 5) is 23.1. The molecule has 1 aliphatic rings. The fraction of sp³-hybridized carbons (Fsp3) is 0.450. The smallest absolute Gasteiger partial charge is 0.252 e. The van der Waals surface area contributed by atoms with Gasteiger partial charge in [0.2, 0.25) is 0 Å². The second-order valence-corrected chi connectivity index (χ2v) is 8.15. The average molecular weight is 444 g/mol. The first kappa shape index (κ1) is 22.9. The van der Waals surface area contributed by atoms with Crippen LogP contribution in [0.2, 0.25) is 10.0 Å². The van der Waals surface area contributed by atoms with Crippen LogP contribution in [0.1, 0.15) is 37.0 Å². The first-order valence-corrected chi connectivity index (χ1v) is 10.3. The van der Waals surface area contributed by atoms with Gasteiger partial charge in [-0.15, -0.1) is 11.6 Å². The fourth-order valence-corrected chi connectivity index (χ4v) is 3.63. The van der Waals surface area contributed by atoms with Crippen LogP contribution in [-0.4, -0.2) is 54.4 Å². The van der Waals surface area contributed by atoms with Crippen LogP contribution in [0, 0.1) is 0 Å². The molecule has 1 fully saturated rings. The molecule has 0 aromatic heterocycles. The molecule has 2 rings (SSSR count). The lowest BCUT2D eigenvalue weighted by Crippen LogP contribution is -2.48. The van der Waals surface area contributed by atoms with E-state index in [1.807, 2.05) is 6.92 Å². The number of hydrogen-bond donors (Lipinski definition) is 1. The van der Waals surface area contributed by atoms with Crippen molar-refractivity contribution in [1.82, 2.24) is 10.2 Å². The summed E-state index contributed by atoms with van der Waals surface area (Å²) in [6, 6.07) is 5.01. The Morgan fingerprint density at radius 3 is 2.68 bits per heavy atom. The van der Waals surface area contributed by atoms with Gasteiger partial charge in [0.15, 0.2) is 0 Å². The molecule has 1 heterocycles. The summed E-state index contributed by atoms with van der Waals surface area (Å²) < 4.78 is 0. The molecule has 1 amide bonds. The van der Waals surface area contributed by atoms with Crippen molar-refractivity contribution in [3.63, 3.8) is 0 Å². The maximum Gasteiger partial charge on any atom is 0.252 e. The monoisotopic (exact) mass is 442 g/mol. The third kappa shape index (κ3) is 6.31. The van der Waals surface area contributed by atoms with Crippen molar-refractivity contribution in [2.24, 2.45) is 9.98 Å². The summed E-state index contributed by atoms with van der Waals surface area (Å²) in [5, 5.41) is 3.79. The molecule has 0 spiro atoms. The number of aliphatic imine (C=N–C) groups is 2. The van der Waals surface area contributed by atoms with Gasteiger partial charge in [0.05, 0.1) is 15.6 Å². The molecule has 1 unspecified atom stereocenters. The molecule has 0 radical (unpaired) electrons. The standard InChI is InChI=1S/C20H25Cl3N4O/c1-13(11-25-14(2)24-3)18(27-9-7-15(21)8-10-27)12-26-20(28)16-5-4-6-17(22)19(16)23/h4-6,11,15,18H,3,7-10,12H2,1-2H3,(H,26,28)/b13-11+,25-14-. The number of hydrogen-bond acceptors (Lipinski definition) is 3. The Hall–Kier alpha value is -1.40. The quantitative estimate of drug-likeness (QED) is 0.389. The van der Waals surface area contributed by atoms with Crippen LogP contribution in [0.4, 0.5) is 0 Å². The van der Waals surface area contributed by atoms with E-state index in [2.05, 4.69) is 26.9 Å². The van der Waals surface area contributed by atoms with Crippen molar-refractivity contribution in [1.29, 1.82) is 0 Å². The minimum absolute atomic E-state index is 0.00700. The molecular weight excluding hydrogens is 419 g/mol. The number of likely N-dealkylation sites (tertiary alicyclic amines) is 1. The van der Waals surface area contributed by atoms with Crippen LogP contribution >= 0.6 is 34.8 Å². The van der Waals surface area contributed by atoms with Crippen molar-refractivity contribution in [2.75, 3.05) is 19.6 Å². The number of carbonyl (C=O) groups excluding carboxylic acids is 1. The highest BCUT2D eigenvalue weighted by Gasteiger charge is 2.26. The molecule has 1 aliphatic heterocycles. The molecule has 0 aliphatic carbocycles. The molecule has 8 heteroatoms. The summed E-state index contributed by atoms with van der Waals surface area (Å²) in [6.07, 6.45) is 3.60. The SMILES string of the molecule is C=N/C(C)=N\C=C(/C)C(CNC(=O)c1cccc(Cl)c1Cl)N1CCC(Cl)CC1. The van der Waals surface area contributed by atoms with Gasteiger partial charge >= 0.3 is 0 Å². The minimum atomic E-state index is -0.259. The number of piperidine rings is 1. The molecule has 152 valence electrons. The Kier molecular flexibility index (Phi) is 8.96. The van der Waals surface area contributed by atoms with Gasteiger partial charge in [0.25, 0.3) is 5.91 Å². The molecule has 1 N–H and O–H groups in total. The second kappa shape index (κ2) is 11.0. The van der Waals surface area contributed by atoms with Crippen molar-refractivity contribution in [2.45, 2.75) is 38.1 Å². The van der Waals surface area contributed by atoms with E-state index in [-0.39, 0.29) is 22.3 Å². The lowest BCUT2D eigenvalue weighted by molar-refractivity contribution is 0.0934. The summed E-state index contributed by atoms with van der Waals surface area (Å²) >= 11 is 18.4. The number of amidine groups is 1. The molecule has 1 atom stereocenters. The zero-order valence-electron chi connectivity index (χ0n) is 16.1. The van der Waals surface area contributed by atoms with E-state index in [4.69, 9.17) is 34.8 Å². The lowest BCUT2D eigenvalue weighted by atomic mass is 10.0. The normalized spacial score (nSPS) is 18.0. The van der Waals surface area contributed by atoms with Gasteiger partial charge in [-0.3, -0.25) is 9.69 Å². The molecular formula is C20H25Cl3N4O. The number of amides is 1. The van der Waals surface area contributed by atoms with E-state index in [9.17, 15) is 4.79 Å². The number of nitrogens with zero attached hydrogens (tertiary/aromatic N) is 3. The van der Waals surface area contributed by atoms with Crippen LogP contribution in [-0.2, 0) is 0 Å². The van der Waals surface area contributed by atoms with E-state index in [0.29, 0.717) is 23.0 Å². The summed E-state index contributed by atoms with van der Waals surface area (Å²) in [7, 11) is 0. The van der Waals surface area contributed by atoms with Crippen LogP contribution in [0.25, 0.3) is 0 Å². The van der Waals surface area contributed by atoms with Crippen molar-refractivity contribution in [3.8, 4) is 0 Å². The third-order valence-corrected chi connectivity index (χ3v) is 6.02. The number of alkyl halides is 1. The Labute approximate surface area is 181 Å². The number of carbonyl (C=O) groups is 1. The highest BCUT2D eigenvalue weighted by molar-refractivity contribution is 6.43. The lowest BCUT2D eigenvalue weighted by Gasteiger charge is -2.36. The number of rotatable bonds is 6. The number of halogens is 3. The van der Waals surface area contributed by atoms with Gasteiger partial charge < -0.3 is 5.32 Å². The highest BCUT2D eigenvalue weighted by atomic mass is 35.5. The molecule has 28 heavy (non-hydrogen) atoms. The summed E-state index contributed by atoms with van der Waals surface area (Å²) in [5.74, 6) is 0.331. The molecule has 0 saturated carbocycles. The molecule has 5 nitrogen and oxygen atoms in total. The maximum absolute atomic E-state index is 12.6. The van der Waals surface area contributed by atoms with E-state index in [0.717, 1.165) is 31.5 Å². The molecule has 1 saturated heterocycles. The Morgan fingerprint density at radius 1 is 1.36 bits per heavy atom. The minimum Gasteiger partial charge on any atom is -0.350 e. The van der Waals surface area contributed by atoms with Crippen molar-refractivity contribution in [3.05, 3.63) is 45.6 Å². The average Bonchev–Trinajstić information content (AvgIpc) is 2.69. The zero-order valence-corrected chi connectivity index (χ0v) is 18.4. The van der Waals surface area contributed by atoms with Crippen LogP contribution in [0.5, 0.6) is 0 Å². The predicted molar refractivity (Wildman–Crippen MR) is 119 cm³/mol. The van der Waals surface area contributed by atoms with E-state index in [1.165, 1.54) is 0 Å². The summed E-state index contributed by atoms with van der Waals surface area (Å²) in [6.45, 7) is 9.40. The van der Waals surface area contributed by atoms with E-state index in [1.54, 1.807) is 31.3 Å². The Bertz CT molecular complexity index is 771. The van der Waals surface area contributed by atoms with Gasteiger partial charge in [0.1, 0.15) is 5.84 Å².